The second kappa shape index (κ2) is 5.92. The van der Waals surface area contributed by atoms with Crippen molar-refractivity contribution in [3.05, 3.63) is 35.4 Å². The lowest BCUT2D eigenvalue weighted by Crippen LogP contribution is -2.09. The SMILES string of the molecule is CCCC[C@@H](N)c1ccc(C(C)C)cc1. The van der Waals surface area contributed by atoms with Crippen molar-refractivity contribution in [2.75, 3.05) is 0 Å². The first kappa shape index (κ1) is 12.3. The van der Waals surface area contributed by atoms with Crippen LogP contribution in [0.15, 0.2) is 24.3 Å². The molecule has 0 radical (unpaired) electrons. The first-order valence-corrected chi connectivity index (χ1v) is 6.00. The molecule has 15 heavy (non-hydrogen) atoms. The van der Waals surface area contributed by atoms with Crippen LogP contribution in [0.3, 0.4) is 0 Å². The summed E-state index contributed by atoms with van der Waals surface area (Å²) in [6, 6.07) is 8.97. The van der Waals surface area contributed by atoms with Crippen molar-refractivity contribution in [1.82, 2.24) is 0 Å². The van der Waals surface area contributed by atoms with Crippen LogP contribution >= 0.6 is 0 Å². The first-order valence-electron chi connectivity index (χ1n) is 6.00. The monoisotopic (exact) mass is 205 g/mol. The molecule has 0 spiro atoms. The average Bonchev–Trinajstić information content (AvgIpc) is 2.26. The molecule has 0 bridgehead atoms. The smallest absolute Gasteiger partial charge is 0.0294 e. The fourth-order valence-corrected chi connectivity index (χ4v) is 1.72. The van der Waals surface area contributed by atoms with Gasteiger partial charge in [-0.1, -0.05) is 57.9 Å². The largest absolute Gasteiger partial charge is 0.324 e. The molecule has 0 amide bonds. The van der Waals surface area contributed by atoms with Gasteiger partial charge in [-0.05, 0) is 23.5 Å². The Balaban J connectivity index is 2.62. The Hall–Kier alpha value is -0.820. The van der Waals surface area contributed by atoms with Crippen molar-refractivity contribution < 1.29 is 0 Å². The predicted octanol–water partition coefficient (Wildman–Crippen LogP) is 4.00. The van der Waals surface area contributed by atoms with Crippen molar-refractivity contribution in [3.63, 3.8) is 0 Å². The molecule has 1 aromatic rings. The fraction of sp³-hybridized carbons (Fsp3) is 0.571. The van der Waals surface area contributed by atoms with Crippen molar-refractivity contribution in [2.24, 2.45) is 5.73 Å². The van der Waals surface area contributed by atoms with Gasteiger partial charge in [0.15, 0.2) is 0 Å². The standard InChI is InChI=1S/C14H23N/c1-4-5-6-14(15)13-9-7-12(8-10-13)11(2)3/h7-11,14H,4-6,15H2,1-3H3/t14-/m1/s1. The van der Waals surface area contributed by atoms with E-state index >= 15 is 0 Å². The zero-order chi connectivity index (χ0) is 11.3. The molecule has 1 heteroatoms. The number of unbranched alkanes of at least 4 members (excludes halogenated alkanes) is 1. The molecule has 1 aromatic carbocycles. The van der Waals surface area contributed by atoms with Gasteiger partial charge in [-0.25, -0.2) is 0 Å². The highest BCUT2D eigenvalue weighted by Gasteiger charge is 2.05. The molecule has 0 aliphatic rings. The summed E-state index contributed by atoms with van der Waals surface area (Å²) in [5.41, 5.74) is 8.77. The van der Waals surface area contributed by atoms with Gasteiger partial charge in [-0.15, -0.1) is 0 Å². The summed E-state index contributed by atoms with van der Waals surface area (Å²) >= 11 is 0. The highest BCUT2D eigenvalue weighted by Crippen LogP contribution is 2.20. The minimum Gasteiger partial charge on any atom is -0.324 e. The van der Waals surface area contributed by atoms with Gasteiger partial charge in [0.25, 0.3) is 0 Å². The van der Waals surface area contributed by atoms with E-state index in [1.807, 2.05) is 0 Å². The lowest BCUT2D eigenvalue weighted by Gasteiger charge is -2.13. The summed E-state index contributed by atoms with van der Waals surface area (Å²) in [5.74, 6) is 0.603. The molecule has 0 saturated carbocycles. The van der Waals surface area contributed by atoms with Gasteiger partial charge in [0.1, 0.15) is 0 Å². The van der Waals surface area contributed by atoms with Gasteiger partial charge in [-0.2, -0.15) is 0 Å². The van der Waals surface area contributed by atoms with E-state index in [1.165, 1.54) is 24.0 Å². The summed E-state index contributed by atoms with van der Waals surface area (Å²) in [5, 5.41) is 0. The van der Waals surface area contributed by atoms with E-state index in [1.54, 1.807) is 0 Å². The Bertz CT molecular complexity index is 274. The molecular weight excluding hydrogens is 182 g/mol. The number of nitrogens with two attached hydrogens (primary N) is 1. The maximum Gasteiger partial charge on any atom is 0.0294 e. The van der Waals surface area contributed by atoms with E-state index in [0.717, 1.165) is 6.42 Å². The van der Waals surface area contributed by atoms with Gasteiger partial charge in [-0.3, -0.25) is 0 Å². The summed E-state index contributed by atoms with van der Waals surface area (Å²) in [4.78, 5) is 0. The van der Waals surface area contributed by atoms with Gasteiger partial charge in [0.05, 0.1) is 0 Å². The van der Waals surface area contributed by atoms with E-state index in [0.29, 0.717) is 5.92 Å². The molecule has 0 unspecified atom stereocenters. The van der Waals surface area contributed by atoms with Crippen LogP contribution in [0.5, 0.6) is 0 Å². The Morgan fingerprint density at radius 3 is 2.07 bits per heavy atom. The number of hydrogen-bond donors (Lipinski definition) is 1. The molecule has 0 fully saturated rings. The average molecular weight is 205 g/mol. The predicted molar refractivity (Wildman–Crippen MR) is 67.0 cm³/mol. The van der Waals surface area contributed by atoms with Crippen LogP contribution in [0.1, 0.15) is 63.1 Å². The van der Waals surface area contributed by atoms with Gasteiger partial charge in [0, 0.05) is 6.04 Å². The highest BCUT2D eigenvalue weighted by atomic mass is 14.6. The maximum atomic E-state index is 6.11. The van der Waals surface area contributed by atoms with Gasteiger partial charge < -0.3 is 5.73 Å². The van der Waals surface area contributed by atoms with E-state index in [-0.39, 0.29) is 6.04 Å². The first-order chi connectivity index (χ1) is 7.15. The molecule has 0 aliphatic carbocycles. The molecule has 2 N–H and O–H groups in total. The maximum absolute atomic E-state index is 6.11. The highest BCUT2D eigenvalue weighted by molar-refractivity contribution is 5.26. The fourth-order valence-electron chi connectivity index (χ4n) is 1.72. The van der Waals surface area contributed by atoms with Gasteiger partial charge in [0.2, 0.25) is 0 Å². The Kier molecular flexibility index (Phi) is 4.83. The number of benzene rings is 1. The van der Waals surface area contributed by atoms with Crippen LogP contribution in [0.25, 0.3) is 0 Å². The van der Waals surface area contributed by atoms with E-state index in [4.69, 9.17) is 5.73 Å². The zero-order valence-corrected chi connectivity index (χ0v) is 10.2. The summed E-state index contributed by atoms with van der Waals surface area (Å²) in [6.07, 6.45) is 3.53. The summed E-state index contributed by atoms with van der Waals surface area (Å²) < 4.78 is 0. The quantitative estimate of drug-likeness (QED) is 0.772. The zero-order valence-electron chi connectivity index (χ0n) is 10.2. The molecular formula is C14H23N. The summed E-state index contributed by atoms with van der Waals surface area (Å²) in [6.45, 7) is 6.63. The number of hydrogen-bond acceptors (Lipinski definition) is 1. The van der Waals surface area contributed by atoms with Crippen LogP contribution in [0, 0.1) is 0 Å². The van der Waals surface area contributed by atoms with Crippen molar-refractivity contribution in [2.45, 2.75) is 52.0 Å². The Labute approximate surface area is 93.7 Å². The van der Waals surface area contributed by atoms with Crippen molar-refractivity contribution in [3.8, 4) is 0 Å². The van der Waals surface area contributed by atoms with Crippen LogP contribution in [0.4, 0.5) is 0 Å². The molecule has 1 atom stereocenters. The van der Waals surface area contributed by atoms with Crippen LogP contribution in [0.2, 0.25) is 0 Å². The summed E-state index contributed by atoms with van der Waals surface area (Å²) in [7, 11) is 0. The minimum absolute atomic E-state index is 0.214. The molecule has 1 rings (SSSR count). The second-order valence-electron chi connectivity index (χ2n) is 4.57. The Morgan fingerprint density at radius 1 is 1.07 bits per heavy atom. The molecule has 84 valence electrons. The molecule has 1 nitrogen and oxygen atoms in total. The number of rotatable bonds is 5. The van der Waals surface area contributed by atoms with E-state index < -0.39 is 0 Å². The molecule has 0 heterocycles. The van der Waals surface area contributed by atoms with Crippen LogP contribution in [-0.4, -0.2) is 0 Å². The van der Waals surface area contributed by atoms with Crippen LogP contribution in [-0.2, 0) is 0 Å². The topological polar surface area (TPSA) is 26.0 Å². The molecule has 0 aliphatic heterocycles. The van der Waals surface area contributed by atoms with E-state index in [2.05, 4.69) is 45.0 Å². The van der Waals surface area contributed by atoms with Gasteiger partial charge >= 0.3 is 0 Å². The lowest BCUT2D eigenvalue weighted by atomic mass is 9.97. The third-order valence-corrected chi connectivity index (χ3v) is 2.90. The molecule has 0 saturated heterocycles. The minimum atomic E-state index is 0.214. The Morgan fingerprint density at radius 2 is 1.60 bits per heavy atom. The van der Waals surface area contributed by atoms with Crippen molar-refractivity contribution >= 4 is 0 Å². The van der Waals surface area contributed by atoms with Crippen molar-refractivity contribution in [1.29, 1.82) is 0 Å². The molecule has 0 aromatic heterocycles. The third kappa shape index (κ3) is 3.67. The second-order valence-corrected chi connectivity index (χ2v) is 4.57. The van der Waals surface area contributed by atoms with E-state index in [9.17, 15) is 0 Å². The normalized spacial score (nSPS) is 13.1. The lowest BCUT2D eigenvalue weighted by molar-refractivity contribution is 0.603. The third-order valence-electron chi connectivity index (χ3n) is 2.90. The van der Waals surface area contributed by atoms with Crippen LogP contribution < -0.4 is 5.73 Å².